The Bertz CT molecular complexity index is 1060. The van der Waals surface area contributed by atoms with Crippen LogP contribution in [0.25, 0.3) is 5.82 Å². The van der Waals surface area contributed by atoms with Crippen LogP contribution < -0.4 is 10.1 Å². The summed E-state index contributed by atoms with van der Waals surface area (Å²) < 4.78 is 7.41. The molecule has 2 aromatic carbocycles. The van der Waals surface area contributed by atoms with Crippen molar-refractivity contribution in [3.05, 3.63) is 91.0 Å². The zero-order valence-electron chi connectivity index (χ0n) is 15.6. The van der Waals surface area contributed by atoms with Crippen molar-refractivity contribution >= 4 is 11.6 Å². The van der Waals surface area contributed by atoms with Crippen molar-refractivity contribution in [2.24, 2.45) is 0 Å². The minimum atomic E-state index is -0.0258. The van der Waals surface area contributed by atoms with Gasteiger partial charge in [0.1, 0.15) is 12.1 Å². The molecule has 1 amide bonds. The minimum absolute atomic E-state index is 0.0258. The Labute approximate surface area is 168 Å². The SMILES string of the molecule is O=C(CCc1ccccc1)Nc1ccc(Oc2cc(-n3cccn3)ncn2)cc1. The van der Waals surface area contributed by atoms with Crippen LogP contribution in [0.4, 0.5) is 5.69 Å². The molecule has 4 rings (SSSR count). The molecule has 2 aromatic heterocycles. The fourth-order valence-corrected chi connectivity index (χ4v) is 2.77. The summed E-state index contributed by atoms with van der Waals surface area (Å²) in [5, 5.41) is 7.04. The third-order valence-corrected chi connectivity index (χ3v) is 4.21. The molecular weight excluding hydrogens is 366 g/mol. The number of anilines is 1. The molecule has 0 spiro atoms. The molecule has 4 aromatic rings. The molecule has 7 heteroatoms. The Balaban J connectivity index is 1.33. The molecule has 0 radical (unpaired) electrons. The van der Waals surface area contributed by atoms with Crippen LogP contribution in [-0.4, -0.2) is 25.7 Å². The van der Waals surface area contributed by atoms with Crippen LogP contribution in [0.5, 0.6) is 11.6 Å². The number of rotatable bonds is 7. The number of ether oxygens (including phenoxy) is 1. The second-order valence-corrected chi connectivity index (χ2v) is 6.33. The lowest BCUT2D eigenvalue weighted by molar-refractivity contribution is -0.116. The molecule has 0 aliphatic heterocycles. The number of carbonyl (C=O) groups is 1. The Kier molecular flexibility index (Phi) is 5.57. The van der Waals surface area contributed by atoms with Crippen molar-refractivity contribution in [2.45, 2.75) is 12.8 Å². The molecule has 0 fully saturated rings. The van der Waals surface area contributed by atoms with Crippen LogP contribution in [0, 0.1) is 0 Å². The highest BCUT2D eigenvalue weighted by Gasteiger charge is 2.06. The number of carbonyl (C=O) groups excluding carboxylic acids is 1. The molecular formula is C22H19N5O2. The lowest BCUT2D eigenvalue weighted by Crippen LogP contribution is -2.12. The molecule has 0 aliphatic rings. The first-order valence-corrected chi connectivity index (χ1v) is 9.20. The zero-order chi connectivity index (χ0) is 19.9. The fraction of sp³-hybridized carbons (Fsp3) is 0.0909. The summed E-state index contributed by atoms with van der Waals surface area (Å²) in [4.78, 5) is 20.4. The minimum Gasteiger partial charge on any atom is -0.439 e. The Morgan fingerprint density at radius 1 is 1.00 bits per heavy atom. The van der Waals surface area contributed by atoms with Gasteiger partial charge in [0.05, 0.1) is 0 Å². The largest absolute Gasteiger partial charge is 0.439 e. The predicted molar refractivity (Wildman–Crippen MR) is 109 cm³/mol. The van der Waals surface area contributed by atoms with E-state index in [1.807, 2.05) is 36.4 Å². The van der Waals surface area contributed by atoms with Crippen molar-refractivity contribution in [3.63, 3.8) is 0 Å². The molecule has 144 valence electrons. The summed E-state index contributed by atoms with van der Waals surface area (Å²) in [6.45, 7) is 0. The van der Waals surface area contributed by atoms with Gasteiger partial charge in [-0.15, -0.1) is 0 Å². The first-order valence-electron chi connectivity index (χ1n) is 9.20. The van der Waals surface area contributed by atoms with Crippen molar-refractivity contribution in [2.75, 3.05) is 5.32 Å². The summed E-state index contributed by atoms with van der Waals surface area (Å²) in [5.41, 5.74) is 1.86. The van der Waals surface area contributed by atoms with Crippen LogP contribution in [0.3, 0.4) is 0 Å². The summed E-state index contributed by atoms with van der Waals surface area (Å²) in [6.07, 6.45) is 6.03. The van der Waals surface area contributed by atoms with E-state index in [0.717, 1.165) is 11.3 Å². The Morgan fingerprint density at radius 3 is 2.59 bits per heavy atom. The van der Waals surface area contributed by atoms with E-state index in [0.29, 0.717) is 30.3 Å². The number of aromatic nitrogens is 4. The highest BCUT2D eigenvalue weighted by atomic mass is 16.5. The highest BCUT2D eigenvalue weighted by molar-refractivity contribution is 5.90. The van der Waals surface area contributed by atoms with E-state index in [-0.39, 0.29) is 5.91 Å². The summed E-state index contributed by atoms with van der Waals surface area (Å²) in [7, 11) is 0. The summed E-state index contributed by atoms with van der Waals surface area (Å²) >= 11 is 0. The van der Waals surface area contributed by atoms with E-state index in [1.54, 1.807) is 47.4 Å². The fourth-order valence-electron chi connectivity index (χ4n) is 2.77. The molecule has 0 saturated heterocycles. The molecule has 7 nitrogen and oxygen atoms in total. The van der Waals surface area contributed by atoms with Gasteiger partial charge in [0, 0.05) is 30.6 Å². The summed E-state index contributed by atoms with van der Waals surface area (Å²) in [6, 6.07) is 20.6. The third-order valence-electron chi connectivity index (χ3n) is 4.21. The van der Waals surface area contributed by atoms with Crippen LogP contribution in [0.15, 0.2) is 85.5 Å². The van der Waals surface area contributed by atoms with Gasteiger partial charge in [0.25, 0.3) is 0 Å². The molecule has 2 heterocycles. The molecule has 0 saturated carbocycles. The lowest BCUT2D eigenvalue weighted by atomic mass is 10.1. The van der Waals surface area contributed by atoms with Crippen LogP contribution in [0.2, 0.25) is 0 Å². The van der Waals surface area contributed by atoms with Gasteiger partial charge in [-0.3, -0.25) is 4.79 Å². The van der Waals surface area contributed by atoms with E-state index in [2.05, 4.69) is 20.4 Å². The Morgan fingerprint density at radius 2 is 1.83 bits per heavy atom. The van der Waals surface area contributed by atoms with E-state index in [1.165, 1.54) is 6.33 Å². The zero-order valence-corrected chi connectivity index (χ0v) is 15.6. The van der Waals surface area contributed by atoms with Crippen molar-refractivity contribution in [3.8, 4) is 17.4 Å². The molecule has 0 bridgehead atoms. The first-order chi connectivity index (χ1) is 14.3. The van der Waals surface area contributed by atoms with Gasteiger partial charge in [0.2, 0.25) is 11.8 Å². The lowest BCUT2D eigenvalue weighted by Gasteiger charge is -2.08. The van der Waals surface area contributed by atoms with Crippen LogP contribution >= 0.6 is 0 Å². The average Bonchev–Trinajstić information content (AvgIpc) is 3.30. The maximum atomic E-state index is 12.1. The van der Waals surface area contributed by atoms with E-state index in [9.17, 15) is 4.79 Å². The number of amides is 1. The van der Waals surface area contributed by atoms with Gasteiger partial charge in [-0.2, -0.15) is 5.10 Å². The number of aryl methyl sites for hydroxylation is 1. The van der Waals surface area contributed by atoms with Gasteiger partial charge in [-0.05, 0) is 42.3 Å². The number of hydrogen-bond donors (Lipinski definition) is 1. The van der Waals surface area contributed by atoms with Crippen molar-refractivity contribution in [1.82, 2.24) is 19.7 Å². The molecule has 0 atom stereocenters. The maximum absolute atomic E-state index is 12.1. The topological polar surface area (TPSA) is 81.9 Å². The van der Waals surface area contributed by atoms with Crippen molar-refractivity contribution in [1.29, 1.82) is 0 Å². The van der Waals surface area contributed by atoms with Gasteiger partial charge >= 0.3 is 0 Å². The maximum Gasteiger partial charge on any atom is 0.224 e. The monoisotopic (exact) mass is 385 g/mol. The Hall–Kier alpha value is -4.00. The smallest absolute Gasteiger partial charge is 0.224 e. The first kappa shape index (κ1) is 18.4. The molecule has 1 N–H and O–H groups in total. The number of benzene rings is 2. The molecule has 0 unspecified atom stereocenters. The van der Waals surface area contributed by atoms with Crippen LogP contribution in [0.1, 0.15) is 12.0 Å². The number of hydrogen-bond acceptors (Lipinski definition) is 5. The van der Waals surface area contributed by atoms with Gasteiger partial charge in [0.15, 0.2) is 5.82 Å². The van der Waals surface area contributed by atoms with Gasteiger partial charge < -0.3 is 10.1 Å². The van der Waals surface area contributed by atoms with E-state index < -0.39 is 0 Å². The van der Waals surface area contributed by atoms with Crippen LogP contribution in [-0.2, 0) is 11.2 Å². The number of nitrogens with one attached hydrogen (secondary N) is 1. The van der Waals surface area contributed by atoms with E-state index >= 15 is 0 Å². The average molecular weight is 385 g/mol. The van der Waals surface area contributed by atoms with Crippen molar-refractivity contribution < 1.29 is 9.53 Å². The van der Waals surface area contributed by atoms with Gasteiger partial charge in [-0.1, -0.05) is 30.3 Å². The molecule has 29 heavy (non-hydrogen) atoms. The van der Waals surface area contributed by atoms with E-state index in [4.69, 9.17) is 4.74 Å². The highest BCUT2D eigenvalue weighted by Crippen LogP contribution is 2.22. The van der Waals surface area contributed by atoms with Gasteiger partial charge in [-0.25, -0.2) is 14.6 Å². The number of nitrogens with zero attached hydrogens (tertiary/aromatic N) is 4. The quantitative estimate of drug-likeness (QED) is 0.519. The standard InChI is InChI=1S/C22H19N5O2/c28-21(12-7-17-5-2-1-3-6-17)26-18-8-10-19(11-9-18)29-22-15-20(23-16-24-22)27-14-4-13-25-27/h1-6,8-11,13-16H,7,12H2,(H,26,28). The molecule has 0 aliphatic carbocycles. The normalized spacial score (nSPS) is 10.5. The second kappa shape index (κ2) is 8.79. The third kappa shape index (κ3) is 5.04. The summed E-state index contributed by atoms with van der Waals surface area (Å²) in [5.74, 6) is 1.60. The predicted octanol–water partition coefficient (Wildman–Crippen LogP) is 4.03. The second-order valence-electron chi connectivity index (χ2n) is 6.33.